The summed E-state index contributed by atoms with van der Waals surface area (Å²) >= 11 is 0. The number of aliphatic hydroxyl groups is 1. The molecule has 1 N–H and O–H groups in total. The zero-order chi connectivity index (χ0) is 17.3. The number of benzene rings is 1. The molecule has 2 unspecified atom stereocenters. The van der Waals surface area contributed by atoms with Crippen molar-refractivity contribution >= 4 is 6.09 Å². The lowest BCUT2D eigenvalue weighted by molar-refractivity contribution is -0.114. The third-order valence-electron chi connectivity index (χ3n) is 6.57. The molecule has 2 bridgehead atoms. The largest absolute Gasteiger partial charge is 0.445 e. The molecule has 2 heterocycles. The lowest BCUT2D eigenvalue weighted by Crippen LogP contribution is -2.61. The van der Waals surface area contributed by atoms with Crippen LogP contribution in [0.15, 0.2) is 30.3 Å². The Bertz CT molecular complexity index is 582. The smallest absolute Gasteiger partial charge is 0.410 e. The van der Waals surface area contributed by atoms with E-state index in [4.69, 9.17) is 4.74 Å². The van der Waals surface area contributed by atoms with E-state index < -0.39 is 5.60 Å². The average Bonchev–Trinajstić information content (AvgIpc) is 3.15. The summed E-state index contributed by atoms with van der Waals surface area (Å²) in [7, 11) is 0. The molecule has 3 aliphatic rings. The Balaban J connectivity index is 1.43. The van der Waals surface area contributed by atoms with E-state index in [0.29, 0.717) is 12.5 Å². The maximum atomic E-state index is 12.7. The van der Waals surface area contributed by atoms with Crippen LogP contribution in [0.3, 0.4) is 0 Å². The fraction of sp³-hybridized carbons (Fsp3) is 0.667. The first-order valence-electron chi connectivity index (χ1n) is 9.87. The molecule has 0 spiro atoms. The van der Waals surface area contributed by atoms with E-state index in [9.17, 15) is 9.90 Å². The summed E-state index contributed by atoms with van der Waals surface area (Å²) in [6.45, 7) is 0.322. The lowest BCUT2D eigenvalue weighted by atomic mass is 9.69. The minimum absolute atomic E-state index is 0.140. The minimum Gasteiger partial charge on any atom is -0.445 e. The second kappa shape index (κ2) is 6.99. The second-order valence-corrected chi connectivity index (χ2v) is 8.18. The predicted molar refractivity (Wildman–Crippen MR) is 96.0 cm³/mol. The van der Waals surface area contributed by atoms with Crippen LogP contribution in [0.25, 0.3) is 0 Å². The van der Waals surface area contributed by atoms with Gasteiger partial charge in [-0.1, -0.05) is 43.2 Å². The number of hydrogen-bond acceptors (Lipinski definition) is 3. The number of nitrogens with zero attached hydrogens (tertiary/aromatic N) is 1. The Labute approximate surface area is 150 Å². The first-order valence-corrected chi connectivity index (χ1v) is 9.87. The number of ether oxygens (including phenoxy) is 1. The number of fused-ring (bicyclic) bond motifs is 2. The zero-order valence-corrected chi connectivity index (χ0v) is 14.9. The molecular weight excluding hydrogens is 314 g/mol. The van der Waals surface area contributed by atoms with E-state index in [1.165, 1.54) is 12.8 Å². The summed E-state index contributed by atoms with van der Waals surface area (Å²) in [6, 6.07) is 10.1. The van der Waals surface area contributed by atoms with Crippen LogP contribution in [0.2, 0.25) is 0 Å². The van der Waals surface area contributed by atoms with Crippen LogP contribution in [-0.4, -0.2) is 33.8 Å². The van der Waals surface area contributed by atoms with Crippen molar-refractivity contribution in [2.45, 2.75) is 82.1 Å². The van der Waals surface area contributed by atoms with Gasteiger partial charge in [-0.15, -0.1) is 0 Å². The molecule has 0 radical (unpaired) electrons. The summed E-state index contributed by atoms with van der Waals surface area (Å²) in [6.07, 6.45) is 9.17. The van der Waals surface area contributed by atoms with Crippen molar-refractivity contribution in [3.63, 3.8) is 0 Å². The molecule has 0 aromatic heterocycles. The molecule has 1 aliphatic carbocycles. The quantitative estimate of drug-likeness (QED) is 0.892. The molecule has 136 valence electrons. The van der Waals surface area contributed by atoms with Gasteiger partial charge in [-0.25, -0.2) is 4.79 Å². The molecular formula is C21H29NO3. The Morgan fingerprint density at radius 2 is 1.68 bits per heavy atom. The number of carbonyl (C=O) groups is 1. The SMILES string of the molecule is O=C(OCc1ccccc1)N1C2CCCC1CC(O)(C1CCCC1)C2. The topological polar surface area (TPSA) is 49.8 Å². The van der Waals surface area contributed by atoms with Gasteiger partial charge in [-0.05, 0) is 56.4 Å². The molecule has 1 aromatic rings. The lowest BCUT2D eigenvalue weighted by Gasteiger charge is -2.53. The standard InChI is InChI=1S/C21H29NO3/c23-20(25-15-16-7-2-1-3-8-16)22-18-11-6-12-19(22)14-21(24,13-18)17-9-4-5-10-17/h1-3,7-8,17-19,24H,4-6,9-15H2. The third kappa shape index (κ3) is 3.41. The number of amides is 1. The molecule has 2 saturated heterocycles. The maximum absolute atomic E-state index is 12.7. The van der Waals surface area contributed by atoms with E-state index in [1.807, 2.05) is 35.2 Å². The van der Waals surface area contributed by atoms with Gasteiger partial charge in [0.05, 0.1) is 5.60 Å². The van der Waals surface area contributed by atoms with E-state index in [2.05, 4.69) is 0 Å². The van der Waals surface area contributed by atoms with Crippen molar-refractivity contribution in [2.24, 2.45) is 5.92 Å². The van der Waals surface area contributed by atoms with Crippen LogP contribution in [0.5, 0.6) is 0 Å². The zero-order valence-electron chi connectivity index (χ0n) is 14.9. The third-order valence-corrected chi connectivity index (χ3v) is 6.57. The van der Waals surface area contributed by atoms with Crippen LogP contribution >= 0.6 is 0 Å². The Hall–Kier alpha value is -1.55. The van der Waals surface area contributed by atoms with Crippen molar-refractivity contribution in [1.82, 2.24) is 4.90 Å². The summed E-state index contributed by atoms with van der Waals surface area (Å²) in [5, 5.41) is 11.3. The van der Waals surface area contributed by atoms with Crippen LogP contribution in [0, 0.1) is 5.92 Å². The molecule has 1 saturated carbocycles. The summed E-state index contributed by atoms with van der Waals surface area (Å²) in [5.74, 6) is 0.429. The average molecular weight is 343 g/mol. The molecule has 4 nitrogen and oxygen atoms in total. The van der Waals surface area contributed by atoms with E-state index >= 15 is 0 Å². The van der Waals surface area contributed by atoms with Gasteiger partial charge < -0.3 is 14.7 Å². The highest BCUT2D eigenvalue weighted by Crippen LogP contribution is 2.47. The Morgan fingerprint density at radius 3 is 2.32 bits per heavy atom. The monoisotopic (exact) mass is 343 g/mol. The molecule has 2 atom stereocenters. The normalized spacial score (nSPS) is 32.6. The van der Waals surface area contributed by atoms with Gasteiger partial charge in [0.25, 0.3) is 0 Å². The predicted octanol–water partition coefficient (Wildman–Crippen LogP) is 4.26. The number of hydrogen-bond donors (Lipinski definition) is 1. The minimum atomic E-state index is -0.567. The molecule has 4 rings (SSSR count). The van der Waals surface area contributed by atoms with Gasteiger partial charge in [0.2, 0.25) is 0 Å². The fourth-order valence-corrected chi connectivity index (χ4v) is 5.35. The van der Waals surface area contributed by atoms with Crippen molar-refractivity contribution in [3.8, 4) is 0 Å². The van der Waals surface area contributed by atoms with Gasteiger partial charge in [0.1, 0.15) is 6.61 Å². The van der Waals surface area contributed by atoms with Gasteiger partial charge in [-0.3, -0.25) is 0 Å². The molecule has 1 amide bonds. The molecule has 4 heteroatoms. The van der Waals surface area contributed by atoms with Crippen molar-refractivity contribution in [2.75, 3.05) is 0 Å². The Morgan fingerprint density at radius 1 is 1.04 bits per heavy atom. The van der Waals surface area contributed by atoms with E-state index in [0.717, 1.165) is 50.5 Å². The summed E-state index contributed by atoms with van der Waals surface area (Å²) < 4.78 is 5.60. The van der Waals surface area contributed by atoms with Crippen molar-refractivity contribution in [1.29, 1.82) is 0 Å². The fourth-order valence-electron chi connectivity index (χ4n) is 5.35. The molecule has 1 aromatic carbocycles. The molecule has 25 heavy (non-hydrogen) atoms. The number of piperidine rings is 2. The van der Waals surface area contributed by atoms with Crippen molar-refractivity contribution in [3.05, 3.63) is 35.9 Å². The molecule has 3 fully saturated rings. The van der Waals surface area contributed by atoms with E-state index in [1.54, 1.807) is 0 Å². The second-order valence-electron chi connectivity index (χ2n) is 8.18. The van der Waals surface area contributed by atoms with Crippen LogP contribution in [-0.2, 0) is 11.3 Å². The highest BCUT2D eigenvalue weighted by Gasteiger charge is 2.51. The van der Waals surface area contributed by atoms with Crippen LogP contribution < -0.4 is 0 Å². The maximum Gasteiger partial charge on any atom is 0.410 e. The highest BCUT2D eigenvalue weighted by molar-refractivity contribution is 5.69. The van der Waals surface area contributed by atoms with Crippen LogP contribution in [0.1, 0.15) is 63.4 Å². The number of rotatable bonds is 3. The first kappa shape index (κ1) is 16.9. The summed E-state index contributed by atoms with van der Waals surface area (Å²) in [4.78, 5) is 14.7. The van der Waals surface area contributed by atoms with Gasteiger partial charge in [-0.2, -0.15) is 0 Å². The molecule has 2 aliphatic heterocycles. The van der Waals surface area contributed by atoms with E-state index in [-0.39, 0.29) is 18.2 Å². The van der Waals surface area contributed by atoms with Crippen molar-refractivity contribution < 1.29 is 14.6 Å². The highest BCUT2D eigenvalue weighted by atomic mass is 16.6. The van der Waals surface area contributed by atoms with Crippen LogP contribution in [0.4, 0.5) is 4.79 Å². The number of carbonyl (C=O) groups excluding carboxylic acids is 1. The van der Waals surface area contributed by atoms with Gasteiger partial charge in [0, 0.05) is 12.1 Å². The summed E-state index contributed by atoms with van der Waals surface area (Å²) in [5.41, 5.74) is 0.447. The van der Waals surface area contributed by atoms with Gasteiger partial charge in [0.15, 0.2) is 0 Å². The Kier molecular flexibility index (Phi) is 4.72. The van der Waals surface area contributed by atoms with Gasteiger partial charge >= 0.3 is 6.09 Å². The first-order chi connectivity index (χ1) is 12.2.